The van der Waals surface area contributed by atoms with Gasteiger partial charge in [-0.15, -0.1) is 0 Å². The van der Waals surface area contributed by atoms with Crippen molar-refractivity contribution >= 4 is 14.7 Å². The summed E-state index contributed by atoms with van der Waals surface area (Å²) < 4.78 is 8.46. The van der Waals surface area contributed by atoms with E-state index in [1.165, 1.54) is 0 Å². The quantitative estimate of drug-likeness (QED) is 0.376. The fourth-order valence-corrected chi connectivity index (χ4v) is 0.0781. The molecule has 1 unspecified atom stereocenters. The number of carbonyl (C=O) groups is 1. The summed E-state index contributed by atoms with van der Waals surface area (Å²) in [7, 11) is -0.833. The standard InChI is InChI=1S/C3H7NO3.HO2P/c4-2(1-5)3(6)7;1-3-2/h2,5H,1,4H2,(H,6,7);(H,1,2). The fourth-order valence-electron chi connectivity index (χ4n) is 0.0781. The SMILES string of the molecule is NC(CO)C(=O)O.O=PO. The summed E-state index contributed by atoms with van der Waals surface area (Å²) in [6.07, 6.45) is 0. The number of aliphatic hydroxyl groups is 1. The highest BCUT2D eigenvalue weighted by Gasteiger charge is 2.06. The summed E-state index contributed by atoms with van der Waals surface area (Å²) in [5, 5.41) is 15.9. The van der Waals surface area contributed by atoms with Gasteiger partial charge in [0, 0.05) is 0 Å². The number of carboxylic acid groups (broad SMARTS) is 1. The van der Waals surface area contributed by atoms with E-state index in [0.717, 1.165) is 0 Å². The van der Waals surface area contributed by atoms with Gasteiger partial charge in [0.1, 0.15) is 6.04 Å². The van der Waals surface area contributed by atoms with Crippen LogP contribution >= 0.6 is 8.69 Å². The second-order valence-corrected chi connectivity index (χ2v) is 1.37. The molecule has 0 saturated heterocycles. The summed E-state index contributed by atoms with van der Waals surface area (Å²) in [5.41, 5.74) is 4.77. The maximum atomic E-state index is 9.65. The largest absolute Gasteiger partial charge is 0.480 e. The minimum Gasteiger partial charge on any atom is -0.480 e. The van der Waals surface area contributed by atoms with Gasteiger partial charge in [0.25, 0.3) is 0 Å². The lowest BCUT2D eigenvalue weighted by Crippen LogP contribution is -2.33. The maximum Gasteiger partial charge on any atom is 0.324 e. The van der Waals surface area contributed by atoms with Crippen molar-refractivity contribution in [1.29, 1.82) is 0 Å². The smallest absolute Gasteiger partial charge is 0.324 e. The van der Waals surface area contributed by atoms with Crippen LogP contribution in [0.5, 0.6) is 0 Å². The van der Waals surface area contributed by atoms with Crippen LogP contribution in [-0.2, 0) is 9.36 Å². The summed E-state index contributed by atoms with van der Waals surface area (Å²) in [6, 6.07) is -1.13. The molecule has 0 aliphatic heterocycles. The Bertz CT molecular complexity index is 107. The van der Waals surface area contributed by atoms with Crippen LogP contribution in [0.15, 0.2) is 0 Å². The van der Waals surface area contributed by atoms with E-state index in [0.29, 0.717) is 0 Å². The molecular weight excluding hydrogens is 161 g/mol. The van der Waals surface area contributed by atoms with E-state index in [-0.39, 0.29) is 0 Å². The lowest BCUT2D eigenvalue weighted by Gasteiger charge is -1.96. The zero-order valence-electron chi connectivity index (χ0n) is 4.97. The van der Waals surface area contributed by atoms with E-state index >= 15 is 0 Å². The van der Waals surface area contributed by atoms with Gasteiger partial charge in [-0.05, 0) is 0 Å². The fraction of sp³-hybridized carbons (Fsp3) is 0.667. The van der Waals surface area contributed by atoms with Gasteiger partial charge in [-0.2, -0.15) is 0 Å². The molecule has 0 aliphatic rings. The highest BCUT2D eigenvalue weighted by atomic mass is 31.1. The average molecular weight is 169 g/mol. The molecule has 10 heavy (non-hydrogen) atoms. The Hall–Kier alpha value is -0.550. The van der Waals surface area contributed by atoms with Crippen LogP contribution in [0.1, 0.15) is 0 Å². The molecule has 0 spiro atoms. The van der Waals surface area contributed by atoms with E-state index in [1.807, 2.05) is 0 Å². The Balaban J connectivity index is 0. The Morgan fingerprint density at radius 1 is 1.70 bits per heavy atom. The van der Waals surface area contributed by atoms with Crippen molar-refractivity contribution in [2.45, 2.75) is 6.04 Å². The molecule has 0 bridgehead atoms. The van der Waals surface area contributed by atoms with Gasteiger partial charge >= 0.3 is 14.7 Å². The van der Waals surface area contributed by atoms with Crippen molar-refractivity contribution in [1.82, 2.24) is 0 Å². The van der Waals surface area contributed by atoms with Crippen LogP contribution in [-0.4, -0.2) is 33.7 Å². The molecule has 60 valence electrons. The third kappa shape index (κ3) is 10.4. The molecule has 7 heteroatoms. The number of rotatable bonds is 2. The Labute approximate surface area is 58.6 Å². The molecule has 0 amide bonds. The predicted octanol–water partition coefficient (Wildman–Crippen LogP) is -1.42. The molecule has 0 saturated carbocycles. The molecule has 5 N–H and O–H groups in total. The van der Waals surface area contributed by atoms with Crippen molar-refractivity contribution in [2.75, 3.05) is 6.61 Å². The van der Waals surface area contributed by atoms with Gasteiger partial charge in [-0.1, -0.05) is 0 Å². The third-order valence-corrected chi connectivity index (χ3v) is 0.514. The highest BCUT2D eigenvalue weighted by Crippen LogP contribution is 1.71. The van der Waals surface area contributed by atoms with Gasteiger partial charge in [-0.25, -0.2) is 4.57 Å². The van der Waals surface area contributed by atoms with Crippen LogP contribution in [0, 0.1) is 0 Å². The van der Waals surface area contributed by atoms with E-state index in [9.17, 15) is 4.79 Å². The van der Waals surface area contributed by atoms with Gasteiger partial charge in [-0.3, -0.25) is 4.79 Å². The molecule has 0 fully saturated rings. The normalized spacial score (nSPS) is 11.5. The molecule has 0 radical (unpaired) electrons. The topological polar surface area (TPSA) is 121 Å². The zero-order valence-corrected chi connectivity index (χ0v) is 5.86. The number of aliphatic hydroxyl groups excluding tert-OH is 1. The molecule has 6 nitrogen and oxygen atoms in total. The van der Waals surface area contributed by atoms with Crippen LogP contribution in [0.2, 0.25) is 0 Å². The van der Waals surface area contributed by atoms with Crippen molar-refractivity contribution < 1.29 is 24.5 Å². The van der Waals surface area contributed by atoms with E-state index in [1.54, 1.807) is 0 Å². The number of carboxylic acids is 1. The van der Waals surface area contributed by atoms with Crippen LogP contribution in [0.25, 0.3) is 0 Å². The number of nitrogens with two attached hydrogens (primary N) is 1. The van der Waals surface area contributed by atoms with Gasteiger partial charge in [0.05, 0.1) is 6.61 Å². The lowest BCUT2D eigenvalue weighted by atomic mass is 10.3. The minimum absolute atomic E-state index is 0.505. The maximum absolute atomic E-state index is 9.65. The molecule has 0 aromatic heterocycles. The number of hydrogen-bond donors (Lipinski definition) is 4. The van der Waals surface area contributed by atoms with Gasteiger partial charge < -0.3 is 20.8 Å². The Morgan fingerprint density at radius 2 is 2.00 bits per heavy atom. The average Bonchev–Trinajstić information content (AvgIpc) is 1.88. The number of hydrogen-bond acceptors (Lipinski definition) is 4. The minimum atomic E-state index is -1.18. The second kappa shape index (κ2) is 8.45. The van der Waals surface area contributed by atoms with Gasteiger partial charge in [0.15, 0.2) is 0 Å². The highest BCUT2D eigenvalue weighted by molar-refractivity contribution is 7.16. The first-order valence-electron chi connectivity index (χ1n) is 2.16. The van der Waals surface area contributed by atoms with E-state index in [4.69, 9.17) is 25.4 Å². The second-order valence-electron chi connectivity index (χ2n) is 1.21. The van der Waals surface area contributed by atoms with E-state index < -0.39 is 27.3 Å². The summed E-state index contributed by atoms with van der Waals surface area (Å²) in [6.45, 7) is -0.505. The Morgan fingerprint density at radius 3 is 2.00 bits per heavy atom. The lowest BCUT2D eigenvalue weighted by molar-refractivity contribution is -0.139. The van der Waals surface area contributed by atoms with Crippen molar-refractivity contribution in [2.24, 2.45) is 5.73 Å². The molecule has 0 aromatic carbocycles. The molecule has 1 atom stereocenters. The first-order chi connectivity index (χ1) is 4.59. The van der Waals surface area contributed by atoms with Crippen molar-refractivity contribution in [3.8, 4) is 0 Å². The first-order valence-corrected chi connectivity index (χ1v) is 2.92. The summed E-state index contributed by atoms with van der Waals surface area (Å²) in [4.78, 5) is 16.6. The molecule has 0 heterocycles. The zero-order chi connectivity index (χ0) is 8.57. The van der Waals surface area contributed by atoms with Crippen LogP contribution < -0.4 is 5.73 Å². The first kappa shape index (κ1) is 12.2. The van der Waals surface area contributed by atoms with Crippen LogP contribution in [0.4, 0.5) is 0 Å². The summed E-state index contributed by atoms with van der Waals surface area (Å²) in [5.74, 6) is -1.18. The van der Waals surface area contributed by atoms with Crippen LogP contribution in [0.3, 0.4) is 0 Å². The third-order valence-electron chi connectivity index (χ3n) is 0.514. The molecule has 0 aliphatic carbocycles. The predicted molar refractivity (Wildman–Crippen MR) is 32.5 cm³/mol. The monoisotopic (exact) mass is 169 g/mol. The molecule has 0 aromatic rings. The Kier molecular flexibility index (Phi) is 10.3. The molecule has 0 rings (SSSR count). The van der Waals surface area contributed by atoms with Crippen molar-refractivity contribution in [3.05, 3.63) is 0 Å². The molecular formula is C3H8NO5P. The van der Waals surface area contributed by atoms with E-state index in [2.05, 4.69) is 0 Å². The summed E-state index contributed by atoms with van der Waals surface area (Å²) >= 11 is 0. The van der Waals surface area contributed by atoms with Gasteiger partial charge in [0.2, 0.25) is 0 Å². The number of aliphatic carboxylic acids is 1. The van der Waals surface area contributed by atoms with Crippen molar-refractivity contribution in [3.63, 3.8) is 0 Å².